The number of nitrogens with one attached hydrogen (secondary N) is 1. The van der Waals surface area contributed by atoms with E-state index in [1.807, 2.05) is 0 Å². The number of rotatable bonds is 6. The molecule has 0 atom stereocenters. The second-order valence-corrected chi connectivity index (χ2v) is 5.04. The lowest BCUT2D eigenvalue weighted by Crippen LogP contribution is -2.26. The largest absolute Gasteiger partial charge is 0.352 e. The Balaban J connectivity index is 1.93. The van der Waals surface area contributed by atoms with Crippen molar-refractivity contribution < 1.29 is 9.32 Å². The van der Waals surface area contributed by atoms with Gasteiger partial charge >= 0.3 is 0 Å². The summed E-state index contributed by atoms with van der Waals surface area (Å²) in [6.07, 6.45) is 2.26. The molecule has 0 bridgehead atoms. The maximum absolute atomic E-state index is 12.1. The highest BCUT2D eigenvalue weighted by molar-refractivity contribution is 6.29. The molecule has 0 aromatic carbocycles. The van der Waals surface area contributed by atoms with Crippen molar-refractivity contribution in [1.82, 2.24) is 20.4 Å². The van der Waals surface area contributed by atoms with Crippen LogP contribution in [-0.4, -0.2) is 27.6 Å². The molecule has 0 fully saturated rings. The average Bonchev–Trinajstić information content (AvgIpc) is 2.84. The molecule has 0 saturated heterocycles. The Kier molecular flexibility index (Phi) is 5.27. The Labute approximate surface area is 127 Å². The van der Waals surface area contributed by atoms with Gasteiger partial charge in [-0.2, -0.15) is 4.98 Å². The van der Waals surface area contributed by atoms with Gasteiger partial charge in [0.05, 0.1) is 0 Å². The number of aromatic nitrogens is 3. The fourth-order valence-electron chi connectivity index (χ4n) is 1.90. The van der Waals surface area contributed by atoms with Gasteiger partial charge in [0.15, 0.2) is 5.82 Å². The number of pyridine rings is 1. The van der Waals surface area contributed by atoms with Gasteiger partial charge < -0.3 is 9.84 Å². The second kappa shape index (κ2) is 7.17. The summed E-state index contributed by atoms with van der Waals surface area (Å²) in [7, 11) is 0. The molecule has 2 heterocycles. The number of carbonyl (C=O) groups excluding carboxylic acids is 1. The van der Waals surface area contributed by atoms with Gasteiger partial charge in [-0.3, -0.25) is 4.79 Å². The first-order valence-corrected chi connectivity index (χ1v) is 7.20. The predicted molar refractivity (Wildman–Crippen MR) is 78.3 cm³/mol. The molecule has 6 nitrogen and oxygen atoms in total. The maximum atomic E-state index is 12.1. The zero-order chi connectivity index (χ0) is 15.2. The third-order valence-corrected chi connectivity index (χ3v) is 3.01. The van der Waals surface area contributed by atoms with E-state index in [0.717, 1.165) is 18.5 Å². The Morgan fingerprint density at radius 1 is 1.33 bits per heavy atom. The molecular formula is C14H17ClN4O2. The van der Waals surface area contributed by atoms with Crippen LogP contribution in [-0.2, 0) is 12.8 Å². The number of carbonyl (C=O) groups is 1. The van der Waals surface area contributed by atoms with Gasteiger partial charge in [-0.1, -0.05) is 30.1 Å². The Morgan fingerprint density at radius 2 is 2.14 bits per heavy atom. The summed E-state index contributed by atoms with van der Waals surface area (Å²) in [5.74, 6) is 0.908. The van der Waals surface area contributed by atoms with Crippen LogP contribution in [0.25, 0.3) is 0 Å². The van der Waals surface area contributed by atoms with Crippen molar-refractivity contribution in [2.24, 2.45) is 0 Å². The zero-order valence-corrected chi connectivity index (χ0v) is 12.8. The topological polar surface area (TPSA) is 80.9 Å². The smallest absolute Gasteiger partial charge is 0.251 e. The van der Waals surface area contributed by atoms with Crippen LogP contribution in [0.4, 0.5) is 0 Å². The summed E-state index contributed by atoms with van der Waals surface area (Å²) in [6, 6.07) is 3.33. The lowest BCUT2D eigenvalue weighted by atomic mass is 10.1. The summed E-state index contributed by atoms with van der Waals surface area (Å²) >= 11 is 5.94. The molecule has 21 heavy (non-hydrogen) atoms. The van der Waals surface area contributed by atoms with Crippen LogP contribution in [0.15, 0.2) is 16.7 Å². The molecule has 112 valence electrons. The van der Waals surface area contributed by atoms with Crippen molar-refractivity contribution in [1.29, 1.82) is 0 Å². The normalized spacial score (nSPS) is 10.6. The van der Waals surface area contributed by atoms with E-state index in [1.54, 1.807) is 19.1 Å². The molecule has 0 saturated carbocycles. The van der Waals surface area contributed by atoms with Gasteiger partial charge in [0.1, 0.15) is 5.15 Å². The first-order valence-electron chi connectivity index (χ1n) is 6.82. The van der Waals surface area contributed by atoms with E-state index in [4.69, 9.17) is 16.1 Å². The summed E-state index contributed by atoms with van der Waals surface area (Å²) < 4.78 is 4.87. The Morgan fingerprint density at radius 3 is 2.81 bits per heavy atom. The fraction of sp³-hybridized carbons (Fsp3) is 0.429. The van der Waals surface area contributed by atoms with Crippen LogP contribution in [0.2, 0.25) is 5.15 Å². The molecule has 7 heteroatoms. The monoisotopic (exact) mass is 308 g/mol. The number of halogens is 1. The molecule has 0 spiro atoms. The molecule has 1 amide bonds. The van der Waals surface area contributed by atoms with Crippen LogP contribution in [0.3, 0.4) is 0 Å². The Bertz CT molecular complexity index is 627. The highest BCUT2D eigenvalue weighted by atomic mass is 35.5. The molecule has 1 N–H and O–H groups in total. The van der Waals surface area contributed by atoms with Crippen molar-refractivity contribution >= 4 is 17.5 Å². The molecule has 0 unspecified atom stereocenters. The zero-order valence-electron chi connectivity index (χ0n) is 12.0. The number of nitrogens with zero attached hydrogens (tertiary/aromatic N) is 3. The lowest BCUT2D eigenvalue weighted by Gasteiger charge is -2.06. The van der Waals surface area contributed by atoms with Gasteiger partial charge in [-0.15, -0.1) is 0 Å². The van der Waals surface area contributed by atoms with E-state index in [0.29, 0.717) is 35.4 Å². The third kappa shape index (κ3) is 4.53. The number of amides is 1. The minimum Gasteiger partial charge on any atom is -0.352 e. The van der Waals surface area contributed by atoms with Crippen molar-refractivity contribution in [2.75, 3.05) is 6.54 Å². The van der Waals surface area contributed by atoms with Gasteiger partial charge in [-0.25, -0.2) is 4.98 Å². The van der Waals surface area contributed by atoms with Crippen molar-refractivity contribution in [2.45, 2.75) is 33.1 Å². The van der Waals surface area contributed by atoms with E-state index >= 15 is 0 Å². The number of hydrogen-bond donors (Lipinski definition) is 1. The van der Waals surface area contributed by atoms with E-state index in [2.05, 4.69) is 27.4 Å². The van der Waals surface area contributed by atoms with Crippen LogP contribution in [0.5, 0.6) is 0 Å². The highest BCUT2D eigenvalue weighted by Gasteiger charge is 2.10. The summed E-state index contributed by atoms with van der Waals surface area (Å²) in [6.45, 7) is 4.21. The Hall–Kier alpha value is -1.95. The quantitative estimate of drug-likeness (QED) is 0.828. The first-order chi connectivity index (χ1) is 10.1. The van der Waals surface area contributed by atoms with E-state index in [1.165, 1.54) is 0 Å². The molecule has 2 aromatic rings. The summed E-state index contributed by atoms with van der Waals surface area (Å²) in [5.41, 5.74) is 1.34. The molecule has 0 aliphatic rings. The van der Waals surface area contributed by atoms with Crippen molar-refractivity contribution in [3.8, 4) is 0 Å². The van der Waals surface area contributed by atoms with Gasteiger partial charge in [0, 0.05) is 31.1 Å². The van der Waals surface area contributed by atoms with E-state index in [9.17, 15) is 4.79 Å². The van der Waals surface area contributed by atoms with Crippen LogP contribution in [0, 0.1) is 6.92 Å². The minimum atomic E-state index is -0.183. The van der Waals surface area contributed by atoms with Gasteiger partial charge in [0.25, 0.3) is 5.91 Å². The predicted octanol–water partition coefficient (Wildman–Crippen LogP) is 2.35. The van der Waals surface area contributed by atoms with Crippen LogP contribution in [0.1, 0.15) is 41.1 Å². The number of aryl methyl sites for hydroxylation is 2. The minimum absolute atomic E-state index is 0.183. The van der Waals surface area contributed by atoms with Crippen molar-refractivity contribution in [3.63, 3.8) is 0 Å². The van der Waals surface area contributed by atoms with Crippen molar-refractivity contribution in [3.05, 3.63) is 40.3 Å². The average molecular weight is 309 g/mol. The maximum Gasteiger partial charge on any atom is 0.251 e. The van der Waals surface area contributed by atoms with Crippen LogP contribution < -0.4 is 5.32 Å². The SMILES string of the molecule is CCCc1cc(C(=O)NCCc2noc(C)n2)cc(Cl)n1. The first kappa shape index (κ1) is 15.4. The molecule has 2 rings (SSSR count). The molecule has 2 aromatic heterocycles. The van der Waals surface area contributed by atoms with Gasteiger partial charge in [-0.05, 0) is 18.6 Å². The molecule has 0 aliphatic carbocycles. The standard InChI is InChI=1S/C14H17ClN4O2/c1-3-4-11-7-10(8-12(15)18-11)14(20)16-6-5-13-17-9(2)21-19-13/h7-8H,3-6H2,1-2H3,(H,16,20). The second-order valence-electron chi connectivity index (χ2n) is 4.66. The van der Waals surface area contributed by atoms with E-state index < -0.39 is 0 Å². The van der Waals surface area contributed by atoms with Gasteiger partial charge in [0.2, 0.25) is 5.89 Å². The molecular weight excluding hydrogens is 292 g/mol. The number of hydrogen-bond acceptors (Lipinski definition) is 5. The lowest BCUT2D eigenvalue weighted by molar-refractivity contribution is 0.0953. The highest BCUT2D eigenvalue weighted by Crippen LogP contribution is 2.12. The van der Waals surface area contributed by atoms with E-state index in [-0.39, 0.29) is 5.91 Å². The fourth-order valence-corrected chi connectivity index (χ4v) is 2.13. The molecule has 0 aliphatic heterocycles. The molecule has 0 radical (unpaired) electrons. The summed E-state index contributed by atoms with van der Waals surface area (Å²) in [5, 5.41) is 6.91. The van der Waals surface area contributed by atoms with Crippen LogP contribution >= 0.6 is 11.6 Å². The summed E-state index contributed by atoms with van der Waals surface area (Å²) in [4.78, 5) is 20.3. The third-order valence-electron chi connectivity index (χ3n) is 2.82.